The minimum absolute atomic E-state index is 0.0664. The number of nitrogens with zero attached hydrogens (tertiary/aromatic N) is 2. The first-order chi connectivity index (χ1) is 13.0. The summed E-state index contributed by atoms with van der Waals surface area (Å²) < 4.78 is 0. The number of hydrogen-bond acceptors (Lipinski definition) is 4. The number of rotatable bonds is 4. The molecule has 1 N–H and O–H groups in total. The maximum Gasteiger partial charge on any atom is 0.265 e. The standard InChI is InChI=1S/C21H21N3O3/c1-15(25)16-6-8-17(9-7-16)23-12-10-22(11-13-23)14-24-20(26)18-4-2-3-5-19(18)21(24)27/h2-9H,10-14H2,1H3/p+1. The Balaban J connectivity index is 1.37. The number of quaternary nitrogens is 1. The number of imide groups is 1. The Kier molecular flexibility index (Phi) is 4.49. The maximum absolute atomic E-state index is 12.5. The van der Waals surface area contributed by atoms with Crippen LogP contribution in [-0.2, 0) is 0 Å². The topological polar surface area (TPSA) is 62.1 Å². The molecule has 0 aromatic heterocycles. The monoisotopic (exact) mass is 364 g/mol. The lowest BCUT2D eigenvalue weighted by molar-refractivity contribution is -0.907. The molecule has 6 heteroatoms. The number of hydrogen-bond donors (Lipinski definition) is 1. The second-order valence-electron chi connectivity index (χ2n) is 7.08. The number of benzene rings is 2. The molecule has 2 aromatic carbocycles. The van der Waals surface area contributed by atoms with Crippen molar-refractivity contribution in [3.05, 3.63) is 65.2 Å². The molecular formula is C21H22N3O3+. The summed E-state index contributed by atoms with van der Waals surface area (Å²) in [5, 5.41) is 0. The fraction of sp³-hybridized carbons (Fsp3) is 0.286. The predicted octanol–water partition coefficient (Wildman–Crippen LogP) is 0.848. The van der Waals surface area contributed by atoms with Crippen molar-refractivity contribution in [3.63, 3.8) is 0 Å². The summed E-state index contributed by atoms with van der Waals surface area (Å²) in [5.41, 5.74) is 2.82. The van der Waals surface area contributed by atoms with Gasteiger partial charge in [0, 0.05) is 11.3 Å². The highest BCUT2D eigenvalue weighted by molar-refractivity contribution is 6.21. The lowest BCUT2D eigenvalue weighted by atomic mass is 10.1. The van der Waals surface area contributed by atoms with Crippen LogP contribution in [0.15, 0.2) is 48.5 Å². The van der Waals surface area contributed by atoms with E-state index in [4.69, 9.17) is 0 Å². The van der Waals surface area contributed by atoms with Crippen LogP contribution in [0.2, 0.25) is 0 Å². The predicted molar refractivity (Wildman–Crippen MR) is 101 cm³/mol. The minimum atomic E-state index is -0.189. The Morgan fingerprint density at radius 3 is 2.00 bits per heavy atom. The number of piperazine rings is 1. The van der Waals surface area contributed by atoms with Crippen molar-refractivity contribution >= 4 is 23.3 Å². The van der Waals surface area contributed by atoms with Crippen molar-refractivity contribution in [2.45, 2.75) is 6.92 Å². The van der Waals surface area contributed by atoms with Gasteiger partial charge in [0.25, 0.3) is 11.8 Å². The van der Waals surface area contributed by atoms with Crippen LogP contribution >= 0.6 is 0 Å². The van der Waals surface area contributed by atoms with E-state index in [2.05, 4.69) is 4.90 Å². The molecule has 2 amide bonds. The van der Waals surface area contributed by atoms with E-state index >= 15 is 0 Å². The molecule has 1 fully saturated rings. The Bertz CT molecular complexity index is 864. The van der Waals surface area contributed by atoms with Gasteiger partial charge >= 0.3 is 0 Å². The number of ketones is 1. The number of nitrogens with one attached hydrogen (secondary N) is 1. The summed E-state index contributed by atoms with van der Waals surface area (Å²) in [6.07, 6.45) is 0. The average molecular weight is 364 g/mol. The first-order valence-corrected chi connectivity index (χ1v) is 9.19. The zero-order valence-corrected chi connectivity index (χ0v) is 15.3. The molecule has 0 spiro atoms. The summed E-state index contributed by atoms with van der Waals surface area (Å²) in [6, 6.07) is 14.7. The molecule has 0 bridgehead atoms. The van der Waals surface area contributed by atoms with Crippen LogP contribution in [0.25, 0.3) is 0 Å². The molecule has 2 aromatic rings. The molecule has 27 heavy (non-hydrogen) atoms. The number of carbonyl (C=O) groups excluding carboxylic acids is 3. The van der Waals surface area contributed by atoms with Gasteiger partial charge in [-0.25, -0.2) is 4.90 Å². The van der Waals surface area contributed by atoms with Gasteiger partial charge in [-0.1, -0.05) is 12.1 Å². The van der Waals surface area contributed by atoms with Crippen molar-refractivity contribution in [3.8, 4) is 0 Å². The summed E-state index contributed by atoms with van der Waals surface area (Å²) in [6.45, 7) is 5.36. The van der Waals surface area contributed by atoms with Crippen LogP contribution < -0.4 is 9.80 Å². The van der Waals surface area contributed by atoms with Gasteiger partial charge in [-0.05, 0) is 43.3 Å². The highest BCUT2D eigenvalue weighted by atomic mass is 16.2. The third kappa shape index (κ3) is 3.24. The summed E-state index contributed by atoms with van der Waals surface area (Å²) in [4.78, 5) is 41.3. The molecule has 0 saturated carbocycles. The van der Waals surface area contributed by atoms with E-state index in [1.165, 1.54) is 9.80 Å². The van der Waals surface area contributed by atoms with Gasteiger partial charge in [0.05, 0.1) is 37.3 Å². The van der Waals surface area contributed by atoms with E-state index in [0.29, 0.717) is 23.4 Å². The molecular weight excluding hydrogens is 342 g/mol. The van der Waals surface area contributed by atoms with Gasteiger partial charge < -0.3 is 9.80 Å². The number of amides is 2. The minimum Gasteiger partial charge on any atom is -0.360 e. The van der Waals surface area contributed by atoms with Crippen molar-refractivity contribution in [1.29, 1.82) is 0 Å². The smallest absolute Gasteiger partial charge is 0.265 e. The molecule has 1 saturated heterocycles. The van der Waals surface area contributed by atoms with E-state index < -0.39 is 0 Å². The highest BCUT2D eigenvalue weighted by Gasteiger charge is 2.38. The van der Waals surface area contributed by atoms with E-state index in [-0.39, 0.29) is 17.6 Å². The second kappa shape index (κ2) is 6.96. The van der Waals surface area contributed by atoms with Gasteiger partial charge in [-0.2, -0.15) is 0 Å². The van der Waals surface area contributed by atoms with Gasteiger partial charge in [-0.3, -0.25) is 14.4 Å². The third-order valence-corrected chi connectivity index (χ3v) is 5.37. The maximum atomic E-state index is 12.5. The average Bonchev–Trinajstić information content (AvgIpc) is 2.94. The molecule has 6 nitrogen and oxygen atoms in total. The number of carbonyl (C=O) groups is 3. The van der Waals surface area contributed by atoms with E-state index in [1.807, 2.05) is 24.3 Å². The Hall–Kier alpha value is -2.99. The summed E-state index contributed by atoms with van der Waals surface area (Å²) in [5.74, 6) is -0.313. The molecule has 0 aliphatic carbocycles. The third-order valence-electron chi connectivity index (χ3n) is 5.37. The summed E-state index contributed by atoms with van der Waals surface area (Å²) >= 11 is 0. The van der Waals surface area contributed by atoms with Crippen LogP contribution in [-0.4, -0.2) is 55.3 Å². The van der Waals surface area contributed by atoms with Crippen LogP contribution in [0, 0.1) is 0 Å². The van der Waals surface area contributed by atoms with Gasteiger partial charge in [0.2, 0.25) is 0 Å². The van der Waals surface area contributed by atoms with Crippen LogP contribution in [0.5, 0.6) is 0 Å². The van der Waals surface area contributed by atoms with Gasteiger partial charge in [0.1, 0.15) is 0 Å². The van der Waals surface area contributed by atoms with E-state index in [0.717, 1.165) is 31.9 Å². The molecule has 0 atom stereocenters. The van der Waals surface area contributed by atoms with E-state index in [9.17, 15) is 14.4 Å². The van der Waals surface area contributed by atoms with Gasteiger partial charge in [-0.15, -0.1) is 0 Å². The molecule has 0 radical (unpaired) electrons. The second-order valence-corrected chi connectivity index (χ2v) is 7.08. The quantitative estimate of drug-likeness (QED) is 0.645. The van der Waals surface area contributed by atoms with E-state index in [1.54, 1.807) is 31.2 Å². The van der Waals surface area contributed by atoms with Crippen molar-refractivity contribution in [1.82, 2.24) is 4.90 Å². The lowest BCUT2D eigenvalue weighted by Gasteiger charge is -2.34. The molecule has 4 rings (SSSR count). The van der Waals surface area contributed by atoms with Crippen molar-refractivity contribution in [2.75, 3.05) is 37.7 Å². The Labute approximate surface area is 158 Å². The van der Waals surface area contributed by atoms with Crippen molar-refractivity contribution < 1.29 is 19.3 Å². The van der Waals surface area contributed by atoms with Crippen molar-refractivity contribution in [2.24, 2.45) is 0 Å². The Morgan fingerprint density at radius 1 is 0.926 bits per heavy atom. The normalized spacial score (nSPS) is 17.4. The lowest BCUT2D eigenvalue weighted by Crippen LogP contribution is -3.16. The first-order valence-electron chi connectivity index (χ1n) is 9.19. The van der Waals surface area contributed by atoms with Gasteiger partial charge in [0.15, 0.2) is 12.5 Å². The fourth-order valence-electron chi connectivity index (χ4n) is 3.75. The molecule has 0 unspecified atom stereocenters. The molecule has 2 heterocycles. The highest BCUT2D eigenvalue weighted by Crippen LogP contribution is 2.21. The largest absolute Gasteiger partial charge is 0.360 e. The molecule has 2 aliphatic heterocycles. The number of Topliss-reactive ketones (excluding diaryl/α,β-unsaturated/α-hetero) is 1. The summed E-state index contributed by atoms with van der Waals surface area (Å²) in [7, 11) is 0. The SMILES string of the molecule is CC(=O)c1ccc(N2CC[NH+](CN3C(=O)c4ccccc4C3=O)CC2)cc1. The number of fused-ring (bicyclic) bond motifs is 1. The number of anilines is 1. The molecule has 2 aliphatic rings. The molecule has 138 valence electrons. The van der Waals surface area contributed by atoms with Crippen LogP contribution in [0.1, 0.15) is 38.0 Å². The fourth-order valence-corrected chi connectivity index (χ4v) is 3.75. The van der Waals surface area contributed by atoms with Crippen LogP contribution in [0.3, 0.4) is 0 Å². The van der Waals surface area contributed by atoms with Crippen LogP contribution in [0.4, 0.5) is 5.69 Å². The first kappa shape index (κ1) is 17.4. The zero-order valence-electron chi connectivity index (χ0n) is 15.3. The Morgan fingerprint density at radius 2 is 1.48 bits per heavy atom. The zero-order chi connectivity index (χ0) is 19.0.